The fraction of sp³-hybridized carbons (Fsp3) is 0.412. The highest BCUT2D eigenvalue weighted by molar-refractivity contribution is 5.91. The molecule has 0 fully saturated rings. The number of nitriles is 1. The Balaban J connectivity index is 2.37. The number of carbonyl (C=O) groups excluding carboxylic acids is 1. The number of halogens is 1. The van der Waals surface area contributed by atoms with Crippen LogP contribution in [0.5, 0.6) is 0 Å². The van der Waals surface area contributed by atoms with Gasteiger partial charge in [0.15, 0.2) is 5.78 Å². The van der Waals surface area contributed by atoms with Crippen LogP contribution in [0.15, 0.2) is 36.9 Å². The number of benzene rings is 1. The van der Waals surface area contributed by atoms with Crippen LogP contribution in [0.3, 0.4) is 0 Å². The third kappa shape index (κ3) is 3.45. The Kier molecular flexibility index (Phi) is 5.22. The zero-order valence-electron chi connectivity index (χ0n) is 13.2. The van der Waals surface area contributed by atoms with Crippen LogP contribution in [0.1, 0.15) is 38.3 Å². The average Bonchev–Trinajstić information content (AvgIpc) is 3.10. The van der Waals surface area contributed by atoms with Crippen molar-refractivity contribution in [1.29, 1.82) is 5.26 Å². The van der Waals surface area contributed by atoms with Crippen LogP contribution in [0.4, 0.5) is 4.39 Å². The third-order valence-electron chi connectivity index (χ3n) is 4.29. The van der Waals surface area contributed by atoms with E-state index in [2.05, 4.69) is 16.2 Å². The van der Waals surface area contributed by atoms with Crippen LogP contribution in [-0.2, 0) is 11.2 Å². The maximum Gasteiger partial charge on any atom is 0.177 e. The molecule has 2 rings (SSSR count). The molecule has 0 aliphatic rings. The lowest BCUT2D eigenvalue weighted by Crippen LogP contribution is -2.36. The first-order valence-corrected chi connectivity index (χ1v) is 7.60. The molecule has 23 heavy (non-hydrogen) atoms. The summed E-state index contributed by atoms with van der Waals surface area (Å²) in [4.78, 5) is 16.9. The van der Waals surface area contributed by atoms with Crippen molar-refractivity contribution in [2.45, 2.75) is 39.2 Å². The first kappa shape index (κ1) is 16.8. The van der Waals surface area contributed by atoms with E-state index in [-0.39, 0.29) is 11.6 Å². The number of rotatable bonds is 7. The van der Waals surface area contributed by atoms with E-state index in [1.807, 2.05) is 13.8 Å². The molecule has 1 unspecified atom stereocenters. The molecule has 0 aliphatic heterocycles. The number of aromatic nitrogens is 3. The largest absolute Gasteiger partial charge is 0.295 e. The van der Waals surface area contributed by atoms with Gasteiger partial charge in [-0.05, 0) is 30.5 Å². The van der Waals surface area contributed by atoms with E-state index in [1.54, 1.807) is 12.1 Å². The molecule has 0 spiro atoms. The Morgan fingerprint density at radius 2 is 2.00 bits per heavy atom. The smallest absolute Gasteiger partial charge is 0.177 e. The lowest BCUT2D eigenvalue weighted by molar-refractivity contribution is -0.130. The lowest BCUT2D eigenvalue weighted by Gasteiger charge is -2.27. The lowest BCUT2D eigenvalue weighted by atomic mass is 9.76. The molecule has 5 nitrogen and oxygen atoms in total. The number of hydrogen-bond donors (Lipinski definition) is 0. The minimum Gasteiger partial charge on any atom is -0.295 e. The Hall–Kier alpha value is -2.55. The quantitative estimate of drug-likeness (QED) is 0.787. The molecule has 0 saturated heterocycles. The highest BCUT2D eigenvalue weighted by Gasteiger charge is 2.40. The topological polar surface area (TPSA) is 71.6 Å². The zero-order valence-corrected chi connectivity index (χ0v) is 13.2. The molecule has 120 valence electrons. The second-order valence-electron chi connectivity index (χ2n) is 5.49. The first-order valence-electron chi connectivity index (χ1n) is 7.60. The Morgan fingerprint density at radius 1 is 1.35 bits per heavy atom. The molecule has 1 aromatic heterocycles. The van der Waals surface area contributed by atoms with Crippen LogP contribution in [0.25, 0.3) is 0 Å². The highest BCUT2D eigenvalue weighted by atomic mass is 19.1. The molecule has 0 N–H and O–H groups in total. The Morgan fingerprint density at radius 3 is 2.48 bits per heavy atom. The van der Waals surface area contributed by atoms with Crippen molar-refractivity contribution in [3.8, 4) is 6.07 Å². The monoisotopic (exact) mass is 314 g/mol. The minimum absolute atomic E-state index is 0.181. The molecule has 0 aliphatic carbocycles. The molecule has 2 aromatic rings. The molecule has 6 heteroatoms. The fourth-order valence-corrected chi connectivity index (χ4v) is 2.66. The number of ketones is 1. The van der Waals surface area contributed by atoms with Gasteiger partial charge in [0.05, 0.1) is 6.07 Å². The predicted octanol–water partition coefficient (Wildman–Crippen LogP) is 3.10. The summed E-state index contributed by atoms with van der Waals surface area (Å²) in [5.41, 5.74) is -0.240. The summed E-state index contributed by atoms with van der Waals surface area (Å²) in [7, 11) is 0. The van der Waals surface area contributed by atoms with Gasteiger partial charge in [0.1, 0.15) is 29.9 Å². The molecule has 0 amide bonds. The van der Waals surface area contributed by atoms with Gasteiger partial charge in [0, 0.05) is 6.42 Å². The second-order valence-corrected chi connectivity index (χ2v) is 5.49. The average molecular weight is 314 g/mol. The van der Waals surface area contributed by atoms with Gasteiger partial charge < -0.3 is 0 Å². The van der Waals surface area contributed by atoms with Gasteiger partial charge in [0.25, 0.3) is 0 Å². The normalized spacial score (nSPS) is 12.6. The molecule has 0 bridgehead atoms. The van der Waals surface area contributed by atoms with E-state index in [0.29, 0.717) is 19.3 Å². The maximum absolute atomic E-state index is 13.1. The molecule has 1 atom stereocenters. The third-order valence-corrected chi connectivity index (χ3v) is 4.29. The van der Waals surface area contributed by atoms with Crippen molar-refractivity contribution in [2.75, 3.05) is 0 Å². The Bertz CT molecular complexity index is 684. The van der Waals surface area contributed by atoms with Crippen molar-refractivity contribution in [1.82, 2.24) is 14.8 Å². The highest BCUT2D eigenvalue weighted by Crippen LogP contribution is 2.33. The van der Waals surface area contributed by atoms with E-state index in [9.17, 15) is 14.4 Å². The van der Waals surface area contributed by atoms with Crippen LogP contribution < -0.4 is 0 Å². The van der Waals surface area contributed by atoms with Crippen molar-refractivity contribution >= 4 is 5.78 Å². The van der Waals surface area contributed by atoms with Crippen molar-refractivity contribution in [3.05, 3.63) is 48.3 Å². The number of hydrogen-bond acceptors (Lipinski definition) is 4. The van der Waals surface area contributed by atoms with Gasteiger partial charge >= 0.3 is 0 Å². The summed E-state index contributed by atoms with van der Waals surface area (Å²) in [6.07, 6.45) is 4.04. The van der Waals surface area contributed by atoms with Gasteiger partial charge in [-0.3, -0.25) is 4.79 Å². The van der Waals surface area contributed by atoms with E-state index in [0.717, 1.165) is 5.56 Å². The molecular formula is C17H19FN4O. The van der Waals surface area contributed by atoms with Gasteiger partial charge in [-0.1, -0.05) is 26.0 Å². The second kappa shape index (κ2) is 7.14. The summed E-state index contributed by atoms with van der Waals surface area (Å²) in [5, 5.41) is 13.6. The van der Waals surface area contributed by atoms with E-state index >= 15 is 0 Å². The summed E-state index contributed by atoms with van der Waals surface area (Å²) < 4.78 is 14.5. The summed E-state index contributed by atoms with van der Waals surface area (Å²) >= 11 is 0. The molecule has 0 saturated carbocycles. The van der Waals surface area contributed by atoms with E-state index < -0.39 is 11.5 Å². The van der Waals surface area contributed by atoms with Crippen molar-refractivity contribution < 1.29 is 9.18 Å². The minimum atomic E-state index is -1.04. The van der Waals surface area contributed by atoms with Gasteiger partial charge in [-0.15, -0.1) is 0 Å². The number of nitrogens with zero attached hydrogens (tertiary/aromatic N) is 4. The van der Waals surface area contributed by atoms with Crippen LogP contribution >= 0.6 is 0 Å². The summed E-state index contributed by atoms with van der Waals surface area (Å²) in [6.45, 7) is 3.67. The summed E-state index contributed by atoms with van der Waals surface area (Å²) in [6, 6.07) is 7.53. The zero-order chi connectivity index (χ0) is 16.9. The molecule has 1 heterocycles. The van der Waals surface area contributed by atoms with Gasteiger partial charge in [-0.25, -0.2) is 14.1 Å². The van der Waals surface area contributed by atoms with Crippen molar-refractivity contribution in [2.24, 2.45) is 5.41 Å². The van der Waals surface area contributed by atoms with Crippen LogP contribution in [0.2, 0.25) is 0 Å². The van der Waals surface area contributed by atoms with Gasteiger partial charge in [0.2, 0.25) is 0 Å². The summed E-state index contributed by atoms with van der Waals surface area (Å²) in [5.74, 6) is -0.509. The number of Topliss-reactive ketones (excluding diaryl/α,β-unsaturated/α-hetero) is 1. The fourth-order valence-electron chi connectivity index (χ4n) is 2.66. The van der Waals surface area contributed by atoms with Crippen molar-refractivity contribution in [3.63, 3.8) is 0 Å². The maximum atomic E-state index is 13.1. The van der Waals surface area contributed by atoms with Crippen LogP contribution in [-0.4, -0.2) is 20.5 Å². The molecule has 1 aromatic carbocycles. The van der Waals surface area contributed by atoms with Crippen LogP contribution in [0, 0.1) is 22.6 Å². The molecule has 0 radical (unpaired) electrons. The van der Waals surface area contributed by atoms with Gasteiger partial charge in [-0.2, -0.15) is 10.4 Å². The predicted molar refractivity (Wildman–Crippen MR) is 82.8 cm³/mol. The standard InChI is InChI=1S/C17H19FN4O/c1-3-17(4-2,10-19)16(23)15(22-12-20-11-21-22)9-13-5-7-14(18)8-6-13/h5-8,11-12,15H,3-4,9H2,1-2H3. The van der Waals surface area contributed by atoms with E-state index in [4.69, 9.17) is 0 Å². The molecular weight excluding hydrogens is 295 g/mol. The SMILES string of the molecule is CCC(C#N)(CC)C(=O)C(Cc1ccc(F)cc1)n1cncn1. The first-order chi connectivity index (χ1) is 11.1. The number of carbonyl (C=O) groups is 1. The Labute approximate surface area is 134 Å². The van der Waals surface area contributed by atoms with E-state index in [1.165, 1.54) is 29.5 Å².